The molecule has 1 heterocycles. The molecule has 1 fully saturated rings. The molecule has 1 aromatic heterocycles. The van der Waals surface area contributed by atoms with E-state index in [4.69, 9.17) is 16.3 Å². The molecule has 1 saturated carbocycles. The quantitative estimate of drug-likeness (QED) is 0.368. The standard InChI is InChI=1S/C21H16ClF3N4O2/c1-10(23)21(30)29-16-6-12-15(7-17(16)31-8-11-2-3-11)26-9-27-20(12)28-14-5-4-13(24)18(22)19(14)25/h4-7,9,11H,1-3,8H2,(H,29,30)(H,26,27,28). The van der Waals surface area contributed by atoms with Gasteiger partial charge in [0.2, 0.25) is 0 Å². The molecule has 0 saturated heterocycles. The monoisotopic (exact) mass is 448 g/mol. The number of carbonyl (C=O) groups is 1. The first-order valence-corrected chi connectivity index (χ1v) is 9.69. The Morgan fingerprint density at radius 3 is 2.71 bits per heavy atom. The third-order valence-corrected chi connectivity index (χ3v) is 5.04. The molecule has 0 bridgehead atoms. The summed E-state index contributed by atoms with van der Waals surface area (Å²) >= 11 is 5.64. The summed E-state index contributed by atoms with van der Waals surface area (Å²) in [5, 5.41) is 4.86. The van der Waals surface area contributed by atoms with Crippen molar-refractivity contribution in [2.45, 2.75) is 12.8 Å². The average Bonchev–Trinajstić information content (AvgIpc) is 3.57. The predicted molar refractivity (Wildman–Crippen MR) is 111 cm³/mol. The van der Waals surface area contributed by atoms with E-state index in [0.717, 1.165) is 18.9 Å². The van der Waals surface area contributed by atoms with Crippen LogP contribution in [0.4, 0.5) is 30.4 Å². The van der Waals surface area contributed by atoms with Crippen molar-refractivity contribution in [2.75, 3.05) is 17.2 Å². The molecule has 0 radical (unpaired) electrons. The molecule has 10 heteroatoms. The molecule has 1 aliphatic rings. The van der Waals surface area contributed by atoms with Gasteiger partial charge in [-0.15, -0.1) is 0 Å². The minimum atomic E-state index is -1.17. The SMILES string of the molecule is C=C(F)C(=O)Nc1cc2c(Nc3ccc(F)c(Cl)c3F)ncnc2cc1OCC1CC1. The van der Waals surface area contributed by atoms with Crippen molar-refractivity contribution in [3.05, 3.63) is 59.7 Å². The molecule has 160 valence electrons. The molecule has 1 aliphatic carbocycles. The van der Waals surface area contributed by atoms with Crippen molar-refractivity contribution in [2.24, 2.45) is 5.92 Å². The highest BCUT2D eigenvalue weighted by molar-refractivity contribution is 6.31. The zero-order valence-electron chi connectivity index (χ0n) is 16.0. The average molecular weight is 449 g/mol. The Morgan fingerprint density at radius 2 is 2.00 bits per heavy atom. The van der Waals surface area contributed by atoms with Gasteiger partial charge in [-0.25, -0.2) is 23.1 Å². The molecule has 0 spiro atoms. The third-order valence-electron chi connectivity index (χ3n) is 4.69. The highest BCUT2D eigenvalue weighted by Gasteiger charge is 2.23. The number of benzene rings is 2. The van der Waals surface area contributed by atoms with Gasteiger partial charge in [0.1, 0.15) is 28.7 Å². The van der Waals surface area contributed by atoms with Crippen LogP contribution in [0.5, 0.6) is 5.75 Å². The largest absolute Gasteiger partial charge is 0.491 e. The molecule has 2 N–H and O–H groups in total. The zero-order valence-corrected chi connectivity index (χ0v) is 16.8. The maximum atomic E-state index is 14.3. The number of ether oxygens (including phenoxy) is 1. The first-order chi connectivity index (χ1) is 14.8. The van der Waals surface area contributed by atoms with Gasteiger partial charge in [-0.1, -0.05) is 18.2 Å². The van der Waals surface area contributed by atoms with E-state index in [1.54, 1.807) is 6.07 Å². The summed E-state index contributed by atoms with van der Waals surface area (Å²) in [7, 11) is 0. The van der Waals surface area contributed by atoms with Crippen LogP contribution in [-0.2, 0) is 4.79 Å². The summed E-state index contributed by atoms with van der Waals surface area (Å²) in [6, 6.07) is 5.23. The minimum Gasteiger partial charge on any atom is -0.491 e. The molecule has 0 atom stereocenters. The summed E-state index contributed by atoms with van der Waals surface area (Å²) < 4.78 is 46.8. The zero-order chi connectivity index (χ0) is 22.1. The van der Waals surface area contributed by atoms with E-state index in [9.17, 15) is 18.0 Å². The number of rotatable bonds is 7. The third kappa shape index (κ3) is 4.56. The number of halogens is 4. The van der Waals surface area contributed by atoms with Crippen LogP contribution < -0.4 is 15.4 Å². The number of carbonyl (C=O) groups excluding carboxylic acids is 1. The lowest BCUT2D eigenvalue weighted by molar-refractivity contribution is -0.114. The number of fused-ring (bicyclic) bond motifs is 1. The summed E-state index contributed by atoms with van der Waals surface area (Å²) in [6.07, 6.45) is 3.36. The van der Waals surface area contributed by atoms with E-state index in [1.807, 2.05) is 0 Å². The lowest BCUT2D eigenvalue weighted by Gasteiger charge is -2.15. The number of anilines is 3. The van der Waals surface area contributed by atoms with Crippen LogP contribution in [0.15, 0.2) is 43.0 Å². The Hall–Kier alpha value is -3.33. The first-order valence-electron chi connectivity index (χ1n) is 9.31. The fourth-order valence-electron chi connectivity index (χ4n) is 2.83. The summed E-state index contributed by atoms with van der Waals surface area (Å²) in [4.78, 5) is 20.1. The molecule has 6 nitrogen and oxygen atoms in total. The minimum absolute atomic E-state index is 0.108. The van der Waals surface area contributed by atoms with Crippen LogP contribution in [0, 0.1) is 17.6 Å². The Balaban J connectivity index is 1.75. The number of aromatic nitrogens is 2. The van der Waals surface area contributed by atoms with Gasteiger partial charge in [0.15, 0.2) is 11.6 Å². The smallest absolute Gasteiger partial charge is 0.283 e. The van der Waals surface area contributed by atoms with Crippen LogP contribution in [-0.4, -0.2) is 22.5 Å². The molecular weight excluding hydrogens is 433 g/mol. The Kier molecular flexibility index (Phi) is 5.69. The topological polar surface area (TPSA) is 76.1 Å². The Morgan fingerprint density at radius 1 is 1.23 bits per heavy atom. The number of hydrogen-bond acceptors (Lipinski definition) is 5. The van der Waals surface area contributed by atoms with Crippen molar-refractivity contribution in [1.82, 2.24) is 9.97 Å². The fourth-order valence-corrected chi connectivity index (χ4v) is 3.00. The van der Waals surface area contributed by atoms with Gasteiger partial charge in [-0.2, -0.15) is 0 Å². The maximum Gasteiger partial charge on any atom is 0.283 e. The second-order valence-corrected chi connectivity index (χ2v) is 7.43. The lowest BCUT2D eigenvalue weighted by Crippen LogP contribution is -2.13. The molecule has 2 aromatic carbocycles. The highest BCUT2D eigenvalue weighted by atomic mass is 35.5. The molecule has 1 amide bonds. The molecule has 31 heavy (non-hydrogen) atoms. The van der Waals surface area contributed by atoms with Gasteiger partial charge in [0, 0.05) is 11.5 Å². The summed E-state index contributed by atoms with van der Waals surface area (Å²) in [5.74, 6) is -3.18. The number of amides is 1. The van der Waals surface area contributed by atoms with E-state index in [-0.39, 0.29) is 17.2 Å². The van der Waals surface area contributed by atoms with E-state index in [2.05, 4.69) is 27.2 Å². The Labute approximate surface area is 180 Å². The van der Waals surface area contributed by atoms with Gasteiger partial charge in [0.25, 0.3) is 5.91 Å². The van der Waals surface area contributed by atoms with Crippen LogP contribution >= 0.6 is 11.6 Å². The lowest BCUT2D eigenvalue weighted by atomic mass is 10.1. The number of nitrogens with one attached hydrogen (secondary N) is 2. The van der Waals surface area contributed by atoms with Crippen molar-refractivity contribution < 1.29 is 22.7 Å². The van der Waals surface area contributed by atoms with E-state index in [1.165, 1.54) is 18.5 Å². The van der Waals surface area contributed by atoms with E-state index < -0.39 is 28.4 Å². The van der Waals surface area contributed by atoms with Gasteiger partial charge in [0.05, 0.1) is 23.5 Å². The Bertz CT molecular complexity index is 1200. The normalized spacial score (nSPS) is 13.2. The van der Waals surface area contributed by atoms with Crippen molar-refractivity contribution in [3.8, 4) is 5.75 Å². The van der Waals surface area contributed by atoms with Crippen molar-refractivity contribution >= 4 is 45.6 Å². The van der Waals surface area contributed by atoms with Crippen molar-refractivity contribution in [1.29, 1.82) is 0 Å². The van der Waals surface area contributed by atoms with Gasteiger partial charge in [-0.3, -0.25) is 4.79 Å². The van der Waals surface area contributed by atoms with Gasteiger partial charge < -0.3 is 15.4 Å². The summed E-state index contributed by atoms with van der Waals surface area (Å²) in [5.41, 5.74) is 0.490. The summed E-state index contributed by atoms with van der Waals surface area (Å²) in [6.45, 7) is 3.43. The van der Waals surface area contributed by atoms with Crippen LogP contribution in [0.1, 0.15) is 12.8 Å². The molecular formula is C21H16ClF3N4O2. The molecule has 4 rings (SSSR count). The van der Waals surface area contributed by atoms with E-state index >= 15 is 0 Å². The predicted octanol–water partition coefficient (Wildman–Crippen LogP) is 5.52. The first kappa shape index (κ1) is 20.9. The number of hydrogen-bond donors (Lipinski definition) is 2. The number of nitrogens with zero attached hydrogens (tertiary/aromatic N) is 2. The van der Waals surface area contributed by atoms with E-state index in [0.29, 0.717) is 29.2 Å². The second-order valence-electron chi connectivity index (χ2n) is 7.05. The molecule has 0 aliphatic heterocycles. The van der Waals surface area contributed by atoms with Gasteiger partial charge >= 0.3 is 0 Å². The maximum absolute atomic E-state index is 14.3. The second kappa shape index (κ2) is 8.43. The molecule has 3 aromatic rings. The molecule has 0 unspecified atom stereocenters. The van der Waals surface area contributed by atoms with Crippen molar-refractivity contribution in [3.63, 3.8) is 0 Å². The van der Waals surface area contributed by atoms with Crippen LogP contribution in [0.2, 0.25) is 5.02 Å². The fraction of sp³-hybridized carbons (Fsp3) is 0.190. The highest BCUT2D eigenvalue weighted by Crippen LogP contribution is 2.36. The van der Waals surface area contributed by atoms with Gasteiger partial charge in [-0.05, 0) is 37.0 Å². The van der Waals surface area contributed by atoms with Crippen LogP contribution in [0.25, 0.3) is 10.9 Å². The van der Waals surface area contributed by atoms with Crippen LogP contribution in [0.3, 0.4) is 0 Å².